The molecule has 1 aliphatic heterocycles. The molecule has 2 heteroatoms. The van der Waals surface area contributed by atoms with Crippen LogP contribution in [0.2, 0.25) is 0 Å². The summed E-state index contributed by atoms with van der Waals surface area (Å²) >= 11 is 2.00. The maximum Gasteiger partial charge on any atom is 0.0467 e. The first-order valence-electron chi connectivity index (χ1n) is 5.08. The number of aromatic nitrogens is 1. The second kappa shape index (κ2) is 3.06. The van der Waals surface area contributed by atoms with E-state index in [1.54, 1.807) is 0 Å². The molecule has 0 radical (unpaired) electrons. The smallest absolute Gasteiger partial charge is 0.0467 e. The molecule has 1 aliphatic rings. The van der Waals surface area contributed by atoms with Gasteiger partial charge in [0.25, 0.3) is 0 Å². The average molecular weight is 203 g/mol. The highest BCUT2D eigenvalue weighted by Crippen LogP contribution is 2.36. The van der Waals surface area contributed by atoms with Crippen molar-refractivity contribution in [3.05, 3.63) is 29.5 Å². The summed E-state index contributed by atoms with van der Waals surface area (Å²) in [5.41, 5.74) is 4.10. The lowest BCUT2D eigenvalue weighted by atomic mass is 10.1. The van der Waals surface area contributed by atoms with E-state index < -0.39 is 0 Å². The molecule has 0 amide bonds. The Morgan fingerprint density at radius 1 is 1.36 bits per heavy atom. The van der Waals surface area contributed by atoms with E-state index in [9.17, 15) is 0 Å². The van der Waals surface area contributed by atoms with Crippen molar-refractivity contribution in [2.24, 2.45) is 0 Å². The molecule has 1 nitrogen and oxygen atoms in total. The highest BCUT2D eigenvalue weighted by molar-refractivity contribution is 7.99. The van der Waals surface area contributed by atoms with Crippen LogP contribution in [0.3, 0.4) is 0 Å². The monoisotopic (exact) mass is 203 g/mol. The van der Waals surface area contributed by atoms with Crippen LogP contribution in [-0.4, -0.2) is 10.7 Å². The van der Waals surface area contributed by atoms with Crippen molar-refractivity contribution >= 4 is 22.7 Å². The molecule has 2 heterocycles. The lowest BCUT2D eigenvalue weighted by molar-refractivity contribution is 0.868. The van der Waals surface area contributed by atoms with Crippen LogP contribution in [0.5, 0.6) is 0 Å². The van der Waals surface area contributed by atoms with Crippen LogP contribution in [0.15, 0.2) is 23.1 Å². The fraction of sp³-hybridized carbons (Fsp3) is 0.333. The maximum absolute atomic E-state index is 3.52. The van der Waals surface area contributed by atoms with E-state index in [0.29, 0.717) is 0 Å². The van der Waals surface area contributed by atoms with Crippen molar-refractivity contribution in [3.8, 4) is 0 Å². The second-order valence-corrected chi connectivity index (χ2v) is 5.04. The Morgan fingerprint density at radius 2 is 2.29 bits per heavy atom. The van der Waals surface area contributed by atoms with Crippen LogP contribution in [0, 0.1) is 6.92 Å². The summed E-state index contributed by atoms with van der Waals surface area (Å²) in [6, 6.07) is 6.67. The van der Waals surface area contributed by atoms with Crippen molar-refractivity contribution in [2.45, 2.75) is 24.7 Å². The highest BCUT2D eigenvalue weighted by atomic mass is 32.2. The summed E-state index contributed by atoms with van der Waals surface area (Å²) in [7, 11) is 0. The van der Waals surface area contributed by atoms with Gasteiger partial charge in [0.2, 0.25) is 0 Å². The van der Waals surface area contributed by atoms with E-state index in [0.717, 1.165) is 0 Å². The predicted octanol–water partition coefficient (Wildman–Crippen LogP) is 3.51. The third-order valence-corrected chi connectivity index (χ3v) is 4.04. The first-order valence-corrected chi connectivity index (χ1v) is 6.07. The topological polar surface area (TPSA) is 15.8 Å². The Morgan fingerprint density at radius 3 is 3.21 bits per heavy atom. The van der Waals surface area contributed by atoms with E-state index in [2.05, 4.69) is 30.1 Å². The Hall–Kier alpha value is -0.890. The van der Waals surface area contributed by atoms with Gasteiger partial charge in [0.1, 0.15) is 0 Å². The molecule has 0 saturated heterocycles. The molecule has 0 unspecified atom stereocenters. The third-order valence-electron chi connectivity index (χ3n) is 2.80. The number of hydrogen-bond donors (Lipinski definition) is 1. The fourth-order valence-electron chi connectivity index (χ4n) is 2.10. The summed E-state index contributed by atoms with van der Waals surface area (Å²) < 4.78 is 0. The number of hydrogen-bond acceptors (Lipinski definition) is 1. The Labute approximate surface area is 87.9 Å². The first kappa shape index (κ1) is 8.42. The van der Waals surface area contributed by atoms with Gasteiger partial charge in [0.15, 0.2) is 0 Å². The molecule has 0 fully saturated rings. The zero-order chi connectivity index (χ0) is 9.54. The molecule has 0 spiro atoms. The molecule has 0 atom stereocenters. The summed E-state index contributed by atoms with van der Waals surface area (Å²) in [4.78, 5) is 5.02. The molecular weight excluding hydrogens is 190 g/mol. The van der Waals surface area contributed by atoms with Gasteiger partial charge in [-0.2, -0.15) is 0 Å². The molecule has 0 aliphatic carbocycles. The SMILES string of the molecule is Cc1ccc2[nH]c3c(c2c1)SCCC3. The van der Waals surface area contributed by atoms with Gasteiger partial charge >= 0.3 is 0 Å². The molecule has 1 aromatic carbocycles. The van der Waals surface area contributed by atoms with E-state index in [-0.39, 0.29) is 0 Å². The number of benzene rings is 1. The second-order valence-electron chi connectivity index (χ2n) is 3.93. The molecular formula is C12H13NS. The Balaban J connectivity index is 2.32. The minimum atomic E-state index is 1.22. The standard InChI is InChI=1S/C12H13NS/c1-8-4-5-10-9(7-8)12-11(13-10)3-2-6-14-12/h4-5,7,13H,2-3,6H2,1H3. The van der Waals surface area contributed by atoms with Crippen molar-refractivity contribution < 1.29 is 0 Å². The molecule has 0 saturated carbocycles. The Bertz CT molecular complexity index is 484. The van der Waals surface area contributed by atoms with Gasteiger partial charge in [-0.3, -0.25) is 0 Å². The summed E-state index contributed by atoms with van der Waals surface area (Å²) in [6.07, 6.45) is 2.53. The Kier molecular flexibility index (Phi) is 1.84. The third kappa shape index (κ3) is 1.17. The van der Waals surface area contributed by atoms with Gasteiger partial charge in [-0.25, -0.2) is 0 Å². The van der Waals surface area contributed by atoms with Gasteiger partial charge in [0, 0.05) is 21.5 Å². The van der Waals surface area contributed by atoms with Crippen LogP contribution in [0.25, 0.3) is 10.9 Å². The van der Waals surface area contributed by atoms with Crippen molar-refractivity contribution in [2.75, 3.05) is 5.75 Å². The summed E-state index contributed by atoms with van der Waals surface area (Å²) in [5, 5.41) is 1.42. The van der Waals surface area contributed by atoms with Crippen molar-refractivity contribution in [3.63, 3.8) is 0 Å². The minimum absolute atomic E-state index is 1.22. The van der Waals surface area contributed by atoms with E-state index in [1.807, 2.05) is 11.8 Å². The average Bonchev–Trinajstić information content (AvgIpc) is 2.56. The normalized spacial score (nSPS) is 15.8. The minimum Gasteiger partial charge on any atom is -0.357 e. The number of H-pyrrole nitrogens is 1. The number of rotatable bonds is 0. The quantitative estimate of drug-likeness (QED) is 0.692. The van der Waals surface area contributed by atoms with E-state index >= 15 is 0 Å². The number of aromatic amines is 1. The zero-order valence-electron chi connectivity index (χ0n) is 8.26. The predicted molar refractivity (Wildman–Crippen MR) is 62.1 cm³/mol. The molecule has 0 bridgehead atoms. The van der Waals surface area contributed by atoms with Crippen LogP contribution in [0.1, 0.15) is 17.7 Å². The van der Waals surface area contributed by atoms with Gasteiger partial charge in [-0.15, -0.1) is 11.8 Å². The molecule has 1 aromatic heterocycles. The van der Waals surface area contributed by atoms with Gasteiger partial charge in [-0.1, -0.05) is 11.6 Å². The molecule has 2 aromatic rings. The lowest BCUT2D eigenvalue weighted by Crippen LogP contribution is -1.95. The number of thioether (sulfide) groups is 1. The maximum atomic E-state index is 3.52. The van der Waals surface area contributed by atoms with Gasteiger partial charge < -0.3 is 4.98 Å². The molecule has 72 valence electrons. The number of aryl methyl sites for hydroxylation is 2. The van der Waals surface area contributed by atoms with E-state index in [1.165, 1.54) is 45.7 Å². The zero-order valence-corrected chi connectivity index (χ0v) is 9.08. The number of fused-ring (bicyclic) bond motifs is 3. The summed E-state index contributed by atoms with van der Waals surface area (Å²) in [6.45, 7) is 2.16. The van der Waals surface area contributed by atoms with Crippen LogP contribution in [0.4, 0.5) is 0 Å². The van der Waals surface area contributed by atoms with Crippen molar-refractivity contribution in [1.82, 2.24) is 4.98 Å². The molecule has 1 N–H and O–H groups in total. The highest BCUT2D eigenvalue weighted by Gasteiger charge is 2.15. The van der Waals surface area contributed by atoms with Crippen LogP contribution in [-0.2, 0) is 6.42 Å². The largest absolute Gasteiger partial charge is 0.357 e. The molecule has 14 heavy (non-hydrogen) atoms. The van der Waals surface area contributed by atoms with Gasteiger partial charge in [-0.05, 0) is 37.7 Å². The van der Waals surface area contributed by atoms with Crippen LogP contribution < -0.4 is 0 Å². The lowest BCUT2D eigenvalue weighted by Gasteiger charge is -2.09. The van der Waals surface area contributed by atoms with E-state index in [4.69, 9.17) is 0 Å². The summed E-state index contributed by atoms with van der Waals surface area (Å²) in [5.74, 6) is 1.27. The van der Waals surface area contributed by atoms with Gasteiger partial charge in [0.05, 0.1) is 0 Å². The van der Waals surface area contributed by atoms with Crippen LogP contribution >= 0.6 is 11.8 Å². The first-order chi connectivity index (χ1) is 6.84. The molecule has 3 rings (SSSR count). The van der Waals surface area contributed by atoms with Crippen molar-refractivity contribution in [1.29, 1.82) is 0 Å². The number of nitrogens with one attached hydrogen (secondary N) is 1. The fourth-order valence-corrected chi connectivity index (χ4v) is 3.25.